The molecule has 0 bridgehead atoms. The van der Waals surface area contributed by atoms with Crippen LogP contribution in [-0.4, -0.2) is 52.2 Å². The number of nitrogens with one attached hydrogen (secondary N) is 1. The van der Waals surface area contributed by atoms with E-state index in [9.17, 15) is 8.42 Å². The Labute approximate surface area is 147 Å². The highest BCUT2D eigenvalue weighted by Crippen LogP contribution is 2.31. The highest BCUT2D eigenvalue weighted by molar-refractivity contribution is 7.85. The molecular formula is C15H23ClN4O3S. The molecule has 1 saturated heterocycles. The van der Waals surface area contributed by atoms with Crippen LogP contribution < -0.4 is 0 Å². The van der Waals surface area contributed by atoms with Gasteiger partial charge in [-0.2, -0.15) is 8.42 Å². The fourth-order valence-electron chi connectivity index (χ4n) is 2.67. The number of halogens is 1. The van der Waals surface area contributed by atoms with Crippen molar-refractivity contribution in [1.29, 1.82) is 0 Å². The first-order valence-corrected chi connectivity index (χ1v) is 9.89. The van der Waals surface area contributed by atoms with Crippen molar-refractivity contribution in [2.75, 3.05) is 19.3 Å². The first kappa shape index (κ1) is 19.1. The number of hydrogen-bond donors (Lipinski definition) is 2. The van der Waals surface area contributed by atoms with Crippen LogP contribution in [0.15, 0.2) is 12.5 Å². The molecule has 3 heterocycles. The number of hydrogen-bond acceptors (Lipinski definition) is 5. The number of piperidine rings is 1. The van der Waals surface area contributed by atoms with Gasteiger partial charge >= 0.3 is 0 Å². The van der Waals surface area contributed by atoms with E-state index in [0.717, 1.165) is 30.7 Å². The van der Waals surface area contributed by atoms with Crippen molar-refractivity contribution in [3.63, 3.8) is 0 Å². The predicted octanol–water partition coefficient (Wildman–Crippen LogP) is 2.74. The quantitative estimate of drug-likeness (QED) is 0.619. The molecule has 0 amide bonds. The largest absolute Gasteiger partial charge is 0.346 e. The SMILES string of the molecule is CC1(C)CCN(Cc2c[nH]c3ncnc(Cl)c23)CC1.CS(=O)(=O)O. The normalized spacial score (nSPS) is 18.2. The van der Waals surface area contributed by atoms with E-state index in [0.29, 0.717) is 16.8 Å². The topological polar surface area (TPSA) is 99.2 Å². The second-order valence-corrected chi connectivity index (χ2v) is 8.70. The van der Waals surface area contributed by atoms with Gasteiger partial charge in [-0.25, -0.2) is 9.97 Å². The summed E-state index contributed by atoms with van der Waals surface area (Å²) in [5.41, 5.74) is 2.50. The Hall–Kier alpha value is -1.22. The molecule has 0 aliphatic carbocycles. The van der Waals surface area contributed by atoms with Crippen LogP contribution in [0.3, 0.4) is 0 Å². The van der Waals surface area contributed by atoms with Crippen LogP contribution in [0.5, 0.6) is 0 Å². The zero-order valence-corrected chi connectivity index (χ0v) is 15.7. The molecule has 9 heteroatoms. The van der Waals surface area contributed by atoms with Crippen molar-refractivity contribution in [3.05, 3.63) is 23.2 Å². The van der Waals surface area contributed by atoms with Gasteiger partial charge in [0, 0.05) is 12.7 Å². The molecule has 134 valence electrons. The van der Waals surface area contributed by atoms with E-state index in [4.69, 9.17) is 16.2 Å². The molecule has 2 aromatic rings. The lowest BCUT2D eigenvalue weighted by molar-refractivity contribution is 0.127. The molecule has 0 atom stereocenters. The molecule has 0 spiro atoms. The molecule has 0 radical (unpaired) electrons. The lowest BCUT2D eigenvalue weighted by Gasteiger charge is -2.36. The zero-order valence-electron chi connectivity index (χ0n) is 14.1. The van der Waals surface area contributed by atoms with Crippen molar-refractivity contribution in [2.24, 2.45) is 5.41 Å². The molecule has 1 fully saturated rings. The molecular weight excluding hydrogens is 352 g/mol. The number of nitrogens with zero attached hydrogens (tertiary/aromatic N) is 3. The average Bonchev–Trinajstić information content (AvgIpc) is 2.84. The van der Waals surface area contributed by atoms with E-state index in [-0.39, 0.29) is 0 Å². The molecule has 1 aliphatic heterocycles. The maximum atomic E-state index is 9.19. The maximum Gasteiger partial charge on any atom is 0.261 e. The Morgan fingerprint density at radius 1 is 1.33 bits per heavy atom. The van der Waals surface area contributed by atoms with Gasteiger partial charge in [0.15, 0.2) is 0 Å². The summed E-state index contributed by atoms with van der Waals surface area (Å²) in [6, 6.07) is 0. The average molecular weight is 375 g/mol. The minimum atomic E-state index is -3.67. The second-order valence-electron chi connectivity index (χ2n) is 6.88. The molecule has 0 aromatic carbocycles. The summed E-state index contributed by atoms with van der Waals surface area (Å²) in [6.45, 7) is 7.90. The monoisotopic (exact) mass is 374 g/mol. The molecule has 1 aliphatic rings. The van der Waals surface area contributed by atoms with E-state index in [1.165, 1.54) is 24.7 Å². The van der Waals surface area contributed by atoms with Gasteiger partial charge in [-0.15, -0.1) is 0 Å². The fraction of sp³-hybridized carbons (Fsp3) is 0.600. The second kappa shape index (κ2) is 7.35. The van der Waals surface area contributed by atoms with Crippen molar-refractivity contribution in [3.8, 4) is 0 Å². The molecule has 3 rings (SSSR count). The van der Waals surface area contributed by atoms with Crippen molar-refractivity contribution < 1.29 is 13.0 Å². The van der Waals surface area contributed by atoms with Crippen LogP contribution in [0.1, 0.15) is 32.3 Å². The minimum Gasteiger partial charge on any atom is -0.346 e. The first-order valence-electron chi connectivity index (χ1n) is 7.66. The summed E-state index contributed by atoms with van der Waals surface area (Å²) in [5.74, 6) is 0. The van der Waals surface area contributed by atoms with Crippen LogP contribution in [0.25, 0.3) is 11.0 Å². The van der Waals surface area contributed by atoms with Gasteiger partial charge in [-0.3, -0.25) is 9.45 Å². The van der Waals surface area contributed by atoms with Gasteiger partial charge < -0.3 is 4.98 Å². The van der Waals surface area contributed by atoms with Crippen LogP contribution >= 0.6 is 11.6 Å². The number of aromatic amines is 1. The fourth-order valence-corrected chi connectivity index (χ4v) is 2.92. The van der Waals surface area contributed by atoms with Crippen molar-refractivity contribution >= 4 is 32.8 Å². The predicted molar refractivity (Wildman–Crippen MR) is 94.7 cm³/mol. The van der Waals surface area contributed by atoms with Gasteiger partial charge in [0.25, 0.3) is 10.1 Å². The van der Waals surface area contributed by atoms with Gasteiger partial charge in [-0.05, 0) is 36.9 Å². The van der Waals surface area contributed by atoms with E-state index in [2.05, 4.69) is 33.7 Å². The summed E-state index contributed by atoms with van der Waals surface area (Å²) in [7, 11) is -3.67. The van der Waals surface area contributed by atoms with Gasteiger partial charge in [-0.1, -0.05) is 25.4 Å². The maximum absolute atomic E-state index is 9.19. The van der Waals surface area contributed by atoms with Gasteiger partial charge in [0.1, 0.15) is 17.1 Å². The first-order chi connectivity index (χ1) is 11.1. The molecule has 0 unspecified atom stereocenters. The summed E-state index contributed by atoms with van der Waals surface area (Å²) in [4.78, 5) is 13.9. The number of rotatable bonds is 2. The minimum absolute atomic E-state index is 0.484. The molecule has 0 saturated carbocycles. The Balaban J connectivity index is 0.000000368. The standard InChI is InChI=1S/C14H19ClN4.CH4O3S/c1-14(2)3-5-19(6-4-14)8-10-7-16-13-11(10)12(15)17-9-18-13;1-5(2,3)4/h7,9H,3-6,8H2,1-2H3,(H,16,17,18);1H3,(H,2,3,4). The number of H-pyrrole nitrogens is 1. The van der Waals surface area contributed by atoms with E-state index in [1.54, 1.807) is 0 Å². The Morgan fingerprint density at radius 2 is 1.92 bits per heavy atom. The molecule has 2 N–H and O–H groups in total. The summed E-state index contributed by atoms with van der Waals surface area (Å²) < 4.78 is 25.9. The van der Waals surface area contributed by atoms with Crippen LogP contribution in [-0.2, 0) is 16.7 Å². The van der Waals surface area contributed by atoms with E-state index < -0.39 is 10.1 Å². The molecule has 2 aromatic heterocycles. The van der Waals surface area contributed by atoms with Crippen LogP contribution in [0.4, 0.5) is 0 Å². The Bertz CT molecular complexity index is 786. The number of fused-ring (bicyclic) bond motifs is 1. The summed E-state index contributed by atoms with van der Waals surface area (Å²) in [6.07, 6.45) is 6.71. The molecule has 7 nitrogen and oxygen atoms in total. The van der Waals surface area contributed by atoms with Gasteiger partial charge in [0.2, 0.25) is 0 Å². The smallest absolute Gasteiger partial charge is 0.261 e. The number of likely N-dealkylation sites (tertiary alicyclic amines) is 1. The van der Waals surface area contributed by atoms with Crippen molar-refractivity contribution in [2.45, 2.75) is 33.2 Å². The van der Waals surface area contributed by atoms with Gasteiger partial charge in [0.05, 0.1) is 11.6 Å². The third-order valence-corrected chi connectivity index (χ3v) is 4.40. The van der Waals surface area contributed by atoms with Crippen LogP contribution in [0, 0.1) is 5.41 Å². The lowest BCUT2D eigenvalue weighted by atomic mass is 9.82. The van der Waals surface area contributed by atoms with E-state index >= 15 is 0 Å². The summed E-state index contributed by atoms with van der Waals surface area (Å²) in [5, 5.41) is 1.51. The lowest BCUT2D eigenvalue weighted by Crippen LogP contribution is -2.36. The Kier molecular flexibility index (Phi) is 5.85. The van der Waals surface area contributed by atoms with Crippen molar-refractivity contribution in [1.82, 2.24) is 19.9 Å². The third-order valence-electron chi connectivity index (χ3n) is 4.11. The highest BCUT2D eigenvalue weighted by Gasteiger charge is 2.25. The molecule has 24 heavy (non-hydrogen) atoms. The highest BCUT2D eigenvalue weighted by atomic mass is 35.5. The van der Waals surface area contributed by atoms with Crippen LogP contribution in [0.2, 0.25) is 5.15 Å². The zero-order chi connectivity index (χ0) is 18.0. The number of aromatic nitrogens is 3. The Morgan fingerprint density at radius 3 is 2.50 bits per heavy atom. The van der Waals surface area contributed by atoms with E-state index in [1.807, 2.05) is 6.20 Å². The third kappa shape index (κ3) is 5.70. The summed E-state index contributed by atoms with van der Waals surface area (Å²) >= 11 is 6.18.